The van der Waals surface area contributed by atoms with Gasteiger partial charge in [0.1, 0.15) is 0 Å². The maximum absolute atomic E-state index is 9.09. The predicted molar refractivity (Wildman–Crippen MR) is 69.7 cm³/mol. The quantitative estimate of drug-likeness (QED) is 0.801. The Balaban J connectivity index is 2.17. The van der Waals surface area contributed by atoms with Crippen LogP contribution in [0.15, 0.2) is 0 Å². The maximum atomic E-state index is 9.09. The summed E-state index contributed by atoms with van der Waals surface area (Å²) >= 11 is 0. The van der Waals surface area contributed by atoms with Crippen molar-refractivity contribution in [2.45, 2.75) is 64.5 Å². The van der Waals surface area contributed by atoms with Gasteiger partial charge < -0.3 is 4.74 Å². The van der Waals surface area contributed by atoms with Gasteiger partial charge in [0.25, 0.3) is 0 Å². The molecule has 1 N–H and O–H groups in total. The number of rotatable bonds is 5. The van der Waals surface area contributed by atoms with E-state index < -0.39 is 0 Å². The Kier molecular flexibility index (Phi) is 5.94. The van der Waals surface area contributed by atoms with E-state index in [0.717, 1.165) is 32.0 Å². The molecule has 1 atom stereocenters. The third-order valence-electron chi connectivity index (χ3n) is 3.21. The van der Waals surface area contributed by atoms with E-state index in [9.17, 15) is 0 Å². The molecule has 0 aromatic rings. The molecule has 0 saturated carbocycles. The van der Waals surface area contributed by atoms with E-state index in [1.165, 1.54) is 19.3 Å². The van der Waals surface area contributed by atoms with Gasteiger partial charge in [-0.25, -0.2) is 0 Å². The summed E-state index contributed by atoms with van der Waals surface area (Å²) in [5, 5.41) is 12.5. The number of ether oxygens (including phenoxy) is 1. The van der Waals surface area contributed by atoms with Crippen molar-refractivity contribution in [2.24, 2.45) is 5.92 Å². The van der Waals surface area contributed by atoms with Crippen LogP contribution in [0, 0.1) is 17.2 Å². The third kappa shape index (κ3) is 6.65. The highest BCUT2D eigenvalue weighted by Crippen LogP contribution is 2.21. The van der Waals surface area contributed by atoms with Crippen LogP contribution in [0.25, 0.3) is 0 Å². The van der Waals surface area contributed by atoms with E-state index in [1.54, 1.807) is 0 Å². The molecule has 1 fully saturated rings. The Bertz CT molecular complexity index is 246. The number of hydrogen-bond donors (Lipinski definition) is 1. The summed E-state index contributed by atoms with van der Waals surface area (Å²) in [6.45, 7) is 8.17. The molecule has 0 radical (unpaired) electrons. The van der Waals surface area contributed by atoms with Gasteiger partial charge in [-0.05, 0) is 46.0 Å². The summed E-state index contributed by atoms with van der Waals surface area (Å²) in [5.74, 6) is 0.817. The first-order valence-corrected chi connectivity index (χ1v) is 6.76. The molecule has 0 bridgehead atoms. The van der Waals surface area contributed by atoms with E-state index in [0.29, 0.717) is 0 Å². The van der Waals surface area contributed by atoms with Crippen molar-refractivity contribution < 1.29 is 4.74 Å². The van der Waals surface area contributed by atoms with Gasteiger partial charge in [0.05, 0.1) is 12.1 Å². The molecule has 0 amide bonds. The first-order chi connectivity index (χ1) is 8.01. The number of nitriles is 1. The van der Waals surface area contributed by atoms with Crippen molar-refractivity contribution in [3.8, 4) is 6.07 Å². The molecule has 3 heteroatoms. The molecule has 3 nitrogen and oxygen atoms in total. The van der Waals surface area contributed by atoms with E-state index in [1.807, 2.05) is 0 Å². The highest BCUT2D eigenvalue weighted by Gasteiger charge is 2.18. The fourth-order valence-electron chi connectivity index (χ4n) is 2.34. The van der Waals surface area contributed by atoms with Crippen molar-refractivity contribution in [1.82, 2.24) is 5.32 Å². The lowest BCUT2D eigenvalue weighted by Crippen LogP contribution is -2.42. The van der Waals surface area contributed by atoms with E-state index in [2.05, 4.69) is 32.2 Å². The van der Waals surface area contributed by atoms with Gasteiger partial charge in [-0.3, -0.25) is 5.32 Å². The highest BCUT2D eigenvalue weighted by atomic mass is 16.5. The lowest BCUT2D eigenvalue weighted by Gasteiger charge is -2.25. The smallest absolute Gasteiger partial charge is 0.0956 e. The zero-order valence-corrected chi connectivity index (χ0v) is 11.5. The van der Waals surface area contributed by atoms with Gasteiger partial charge in [0, 0.05) is 18.8 Å². The van der Waals surface area contributed by atoms with Crippen molar-refractivity contribution in [1.29, 1.82) is 5.26 Å². The van der Waals surface area contributed by atoms with Gasteiger partial charge in [0.15, 0.2) is 0 Å². The average Bonchev–Trinajstić information content (AvgIpc) is 2.27. The molecule has 1 saturated heterocycles. The Morgan fingerprint density at radius 3 is 2.53 bits per heavy atom. The zero-order valence-electron chi connectivity index (χ0n) is 11.5. The lowest BCUT2D eigenvalue weighted by atomic mass is 9.93. The molecule has 1 aliphatic heterocycles. The van der Waals surface area contributed by atoms with Crippen molar-refractivity contribution in [3.05, 3.63) is 0 Å². The van der Waals surface area contributed by atoms with Crippen molar-refractivity contribution in [2.75, 3.05) is 13.2 Å². The molecule has 0 aliphatic carbocycles. The second-order valence-corrected chi connectivity index (χ2v) is 6.06. The standard InChI is InChI=1S/C14H26N2O/c1-14(2,3)16-13(11-15)6-4-5-12-7-9-17-10-8-12/h12-13,16H,4-10H2,1-3H3. The topological polar surface area (TPSA) is 45.0 Å². The van der Waals surface area contributed by atoms with Crippen molar-refractivity contribution in [3.63, 3.8) is 0 Å². The normalized spacial score (nSPS) is 19.9. The first kappa shape index (κ1) is 14.5. The minimum atomic E-state index is -0.00478. The van der Waals surface area contributed by atoms with E-state index >= 15 is 0 Å². The van der Waals surface area contributed by atoms with Gasteiger partial charge in [-0.15, -0.1) is 0 Å². The molecule has 1 rings (SSSR count). The van der Waals surface area contributed by atoms with Crippen LogP contribution in [-0.4, -0.2) is 24.8 Å². The van der Waals surface area contributed by atoms with Gasteiger partial charge in [0.2, 0.25) is 0 Å². The summed E-state index contributed by atoms with van der Waals surface area (Å²) < 4.78 is 5.35. The monoisotopic (exact) mass is 238 g/mol. The Morgan fingerprint density at radius 1 is 1.35 bits per heavy atom. The predicted octanol–water partition coefficient (Wildman–Crippen LogP) is 2.86. The minimum absolute atomic E-state index is 0.00478. The molecule has 0 aromatic carbocycles. The molecule has 1 aliphatic rings. The largest absolute Gasteiger partial charge is 0.381 e. The van der Waals surface area contributed by atoms with E-state index in [4.69, 9.17) is 10.00 Å². The Morgan fingerprint density at radius 2 is 2.00 bits per heavy atom. The summed E-state index contributed by atoms with van der Waals surface area (Å²) in [6.07, 6.45) is 5.75. The van der Waals surface area contributed by atoms with Crippen LogP contribution < -0.4 is 5.32 Å². The van der Waals surface area contributed by atoms with Gasteiger partial charge in [-0.1, -0.05) is 12.8 Å². The molecular formula is C14H26N2O. The molecule has 98 valence electrons. The van der Waals surface area contributed by atoms with Crippen LogP contribution in [0.4, 0.5) is 0 Å². The second-order valence-electron chi connectivity index (χ2n) is 6.06. The summed E-state index contributed by atoms with van der Waals surface area (Å²) in [5.41, 5.74) is 0.0269. The molecule has 1 heterocycles. The lowest BCUT2D eigenvalue weighted by molar-refractivity contribution is 0.0630. The summed E-state index contributed by atoms with van der Waals surface area (Å²) in [4.78, 5) is 0. The van der Waals surface area contributed by atoms with Crippen LogP contribution >= 0.6 is 0 Å². The van der Waals surface area contributed by atoms with Crippen LogP contribution in [0.3, 0.4) is 0 Å². The molecular weight excluding hydrogens is 212 g/mol. The molecule has 1 unspecified atom stereocenters. The zero-order chi connectivity index (χ0) is 12.7. The van der Waals surface area contributed by atoms with Gasteiger partial charge >= 0.3 is 0 Å². The van der Waals surface area contributed by atoms with Crippen LogP contribution in [0.5, 0.6) is 0 Å². The average molecular weight is 238 g/mol. The molecule has 17 heavy (non-hydrogen) atoms. The fourth-order valence-corrected chi connectivity index (χ4v) is 2.34. The first-order valence-electron chi connectivity index (χ1n) is 6.76. The maximum Gasteiger partial charge on any atom is 0.0956 e. The second kappa shape index (κ2) is 6.98. The minimum Gasteiger partial charge on any atom is -0.381 e. The Labute approximate surface area is 106 Å². The number of nitrogens with zero attached hydrogens (tertiary/aromatic N) is 1. The molecule has 0 aromatic heterocycles. The number of nitrogens with one attached hydrogen (secondary N) is 1. The van der Waals surface area contributed by atoms with Crippen LogP contribution in [0.2, 0.25) is 0 Å². The summed E-state index contributed by atoms with van der Waals surface area (Å²) in [6, 6.07) is 2.36. The van der Waals surface area contributed by atoms with Crippen LogP contribution in [-0.2, 0) is 4.74 Å². The number of hydrogen-bond acceptors (Lipinski definition) is 3. The Hall–Kier alpha value is -0.590. The fraction of sp³-hybridized carbons (Fsp3) is 0.929. The van der Waals surface area contributed by atoms with Gasteiger partial charge in [-0.2, -0.15) is 5.26 Å². The van der Waals surface area contributed by atoms with Crippen molar-refractivity contribution >= 4 is 0 Å². The summed E-state index contributed by atoms with van der Waals surface area (Å²) in [7, 11) is 0. The molecule has 0 spiro atoms. The third-order valence-corrected chi connectivity index (χ3v) is 3.21. The van der Waals surface area contributed by atoms with Crippen LogP contribution in [0.1, 0.15) is 52.9 Å². The van der Waals surface area contributed by atoms with E-state index in [-0.39, 0.29) is 11.6 Å². The SMILES string of the molecule is CC(C)(C)NC(C#N)CCCC1CCOCC1. The highest BCUT2D eigenvalue weighted by molar-refractivity contribution is 4.93.